The Hall–Kier alpha value is -1.79. The van der Waals surface area contributed by atoms with Crippen molar-refractivity contribution in [2.45, 2.75) is 12.8 Å². The maximum atomic E-state index is 11.8. The molecule has 0 unspecified atom stereocenters. The summed E-state index contributed by atoms with van der Waals surface area (Å²) in [5, 5.41) is 5.71. The molecule has 1 rings (SSSR count). The Morgan fingerprint density at radius 3 is 2.43 bits per heavy atom. The Balaban J connectivity index is 2.35. The van der Waals surface area contributed by atoms with Crippen LogP contribution in [0.25, 0.3) is 0 Å². The molecule has 0 atom stereocenters. The number of anilines is 2. The highest BCUT2D eigenvalue weighted by Crippen LogP contribution is 2.24. The second-order valence-electron chi connectivity index (χ2n) is 4.76. The molecule has 0 spiro atoms. The van der Waals surface area contributed by atoms with Gasteiger partial charge in [0, 0.05) is 38.7 Å². The molecule has 1 aromatic rings. The number of nitrogens with one attached hydrogen (secondary N) is 2. The van der Waals surface area contributed by atoms with Gasteiger partial charge in [-0.2, -0.15) is 0 Å². The summed E-state index contributed by atoms with van der Waals surface area (Å²) in [4.78, 5) is 24.9. The predicted octanol–water partition coefficient (Wildman–Crippen LogP) is 1.32. The van der Waals surface area contributed by atoms with Gasteiger partial charge in [0.2, 0.25) is 11.8 Å². The van der Waals surface area contributed by atoms with Crippen LogP contribution >= 0.6 is 11.6 Å². The Bertz CT molecular complexity index is 508. The molecule has 0 fully saturated rings. The van der Waals surface area contributed by atoms with E-state index in [1.807, 2.05) is 11.9 Å². The lowest BCUT2D eigenvalue weighted by atomic mass is 10.2. The van der Waals surface area contributed by atoms with E-state index >= 15 is 0 Å². The highest BCUT2D eigenvalue weighted by molar-refractivity contribution is 6.34. The summed E-state index contributed by atoms with van der Waals surface area (Å²) in [6.07, 6.45) is 0.739. The smallest absolute Gasteiger partial charge is 0.225 e. The van der Waals surface area contributed by atoms with E-state index < -0.39 is 0 Å². The maximum absolute atomic E-state index is 11.8. The largest absolute Gasteiger partial charge is 0.399 e. The van der Waals surface area contributed by atoms with E-state index in [1.54, 1.807) is 25.2 Å². The Labute approximate surface area is 129 Å². The highest BCUT2D eigenvalue weighted by atomic mass is 35.5. The van der Waals surface area contributed by atoms with Crippen molar-refractivity contribution in [2.24, 2.45) is 0 Å². The zero-order valence-corrected chi connectivity index (χ0v) is 13.0. The number of hydrogen-bond acceptors (Lipinski definition) is 4. The van der Waals surface area contributed by atoms with Gasteiger partial charge in [0.15, 0.2) is 0 Å². The van der Waals surface area contributed by atoms with Gasteiger partial charge in [-0.1, -0.05) is 11.6 Å². The lowest BCUT2D eigenvalue weighted by molar-refractivity contribution is -0.120. The van der Waals surface area contributed by atoms with Crippen LogP contribution in [0, 0.1) is 0 Å². The van der Waals surface area contributed by atoms with Gasteiger partial charge in [-0.3, -0.25) is 9.59 Å². The number of nitrogen functional groups attached to an aromatic ring is 1. The van der Waals surface area contributed by atoms with Gasteiger partial charge in [0.1, 0.15) is 0 Å². The topological polar surface area (TPSA) is 87.5 Å². The van der Waals surface area contributed by atoms with Crippen LogP contribution in [0.5, 0.6) is 0 Å². The number of nitrogens with zero attached hydrogens (tertiary/aromatic N) is 1. The van der Waals surface area contributed by atoms with Crippen molar-refractivity contribution in [3.8, 4) is 0 Å². The molecule has 21 heavy (non-hydrogen) atoms. The van der Waals surface area contributed by atoms with Crippen molar-refractivity contribution < 1.29 is 9.59 Å². The first-order chi connectivity index (χ1) is 9.92. The number of rotatable bonds is 7. The zero-order valence-electron chi connectivity index (χ0n) is 12.3. The Morgan fingerprint density at radius 1 is 1.24 bits per heavy atom. The van der Waals surface area contributed by atoms with Gasteiger partial charge in [0.25, 0.3) is 0 Å². The fourth-order valence-electron chi connectivity index (χ4n) is 1.67. The molecule has 7 heteroatoms. The van der Waals surface area contributed by atoms with E-state index in [4.69, 9.17) is 17.3 Å². The summed E-state index contributed by atoms with van der Waals surface area (Å²) >= 11 is 5.99. The third kappa shape index (κ3) is 6.46. The number of benzene rings is 1. The molecular weight excluding hydrogens is 292 g/mol. The average molecular weight is 313 g/mol. The SMILES string of the molecule is CNC(=O)CCN(C)CCC(=O)Nc1ccc(N)cc1Cl. The van der Waals surface area contributed by atoms with E-state index in [1.165, 1.54) is 0 Å². The van der Waals surface area contributed by atoms with E-state index in [2.05, 4.69) is 10.6 Å². The Kier molecular flexibility index (Phi) is 6.98. The second-order valence-corrected chi connectivity index (χ2v) is 5.17. The molecule has 0 radical (unpaired) electrons. The van der Waals surface area contributed by atoms with Crippen molar-refractivity contribution >= 4 is 34.8 Å². The number of carbonyl (C=O) groups is 2. The van der Waals surface area contributed by atoms with Crippen LogP contribution in [0.1, 0.15) is 12.8 Å². The monoisotopic (exact) mass is 312 g/mol. The fraction of sp³-hybridized carbons (Fsp3) is 0.429. The van der Waals surface area contributed by atoms with Crippen molar-refractivity contribution in [2.75, 3.05) is 38.2 Å². The number of carbonyl (C=O) groups excluding carboxylic acids is 2. The van der Waals surface area contributed by atoms with Crippen molar-refractivity contribution in [1.29, 1.82) is 0 Å². The first-order valence-corrected chi connectivity index (χ1v) is 7.04. The van der Waals surface area contributed by atoms with Crippen LogP contribution in [-0.2, 0) is 9.59 Å². The summed E-state index contributed by atoms with van der Waals surface area (Å²) in [6.45, 7) is 1.17. The molecule has 2 amide bonds. The molecule has 0 aliphatic carbocycles. The molecule has 0 aliphatic heterocycles. The summed E-state index contributed by atoms with van der Waals surface area (Å²) < 4.78 is 0. The molecule has 0 aliphatic rings. The molecule has 0 saturated carbocycles. The average Bonchev–Trinajstić information content (AvgIpc) is 2.45. The number of amides is 2. The van der Waals surface area contributed by atoms with Crippen molar-refractivity contribution in [3.63, 3.8) is 0 Å². The van der Waals surface area contributed by atoms with Crippen LogP contribution in [0.4, 0.5) is 11.4 Å². The molecular formula is C14H21ClN4O2. The highest BCUT2D eigenvalue weighted by Gasteiger charge is 2.08. The van der Waals surface area contributed by atoms with Crippen molar-refractivity contribution in [1.82, 2.24) is 10.2 Å². The lowest BCUT2D eigenvalue weighted by Crippen LogP contribution is -2.29. The van der Waals surface area contributed by atoms with Gasteiger partial charge < -0.3 is 21.3 Å². The van der Waals surface area contributed by atoms with Gasteiger partial charge in [-0.05, 0) is 25.2 Å². The van der Waals surface area contributed by atoms with Gasteiger partial charge >= 0.3 is 0 Å². The maximum Gasteiger partial charge on any atom is 0.225 e. The molecule has 0 saturated heterocycles. The molecule has 0 heterocycles. The van der Waals surface area contributed by atoms with Crippen molar-refractivity contribution in [3.05, 3.63) is 23.2 Å². The lowest BCUT2D eigenvalue weighted by Gasteiger charge is -2.16. The summed E-state index contributed by atoms with van der Waals surface area (Å²) in [5.74, 6) is -0.145. The third-order valence-corrected chi connectivity index (χ3v) is 3.30. The van der Waals surface area contributed by atoms with Crippen LogP contribution in [0.15, 0.2) is 18.2 Å². The molecule has 4 N–H and O–H groups in total. The number of nitrogens with two attached hydrogens (primary N) is 1. The second kappa shape index (κ2) is 8.49. The van der Waals surface area contributed by atoms with E-state index in [-0.39, 0.29) is 11.8 Å². The zero-order chi connectivity index (χ0) is 15.8. The molecule has 0 bridgehead atoms. The fourth-order valence-corrected chi connectivity index (χ4v) is 1.90. The van der Waals surface area contributed by atoms with Crippen LogP contribution in [0.3, 0.4) is 0 Å². The van der Waals surface area contributed by atoms with E-state index in [9.17, 15) is 9.59 Å². The summed E-state index contributed by atoms with van der Waals surface area (Å²) in [6, 6.07) is 4.94. The quantitative estimate of drug-likeness (QED) is 0.663. The minimum atomic E-state index is -0.131. The Morgan fingerprint density at radius 2 is 1.86 bits per heavy atom. The first kappa shape index (κ1) is 17.3. The van der Waals surface area contributed by atoms with Gasteiger partial charge in [-0.15, -0.1) is 0 Å². The third-order valence-electron chi connectivity index (χ3n) is 2.99. The normalized spacial score (nSPS) is 10.5. The van der Waals surface area contributed by atoms with Crippen LogP contribution < -0.4 is 16.4 Å². The van der Waals surface area contributed by atoms with Gasteiger partial charge in [0.05, 0.1) is 10.7 Å². The molecule has 6 nitrogen and oxygen atoms in total. The van der Waals surface area contributed by atoms with Crippen LogP contribution in [0.2, 0.25) is 5.02 Å². The minimum Gasteiger partial charge on any atom is -0.399 e. The van der Waals surface area contributed by atoms with E-state index in [0.29, 0.717) is 42.3 Å². The molecule has 1 aromatic carbocycles. The summed E-state index contributed by atoms with van der Waals surface area (Å²) in [7, 11) is 3.47. The minimum absolute atomic E-state index is 0.0139. The van der Waals surface area contributed by atoms with Gasteiger partial charge in [-0.25, -0.2) is 0 Å². The summed E-state index contributed by atoms with van der Waals surface area (Å²) in [5.41, 5.74) is 6.68. The molecule has 0 aromatic heterocycles. The molecule has 116 valence electrons. The van der Waals surface area contributed by atoms with Crippen LogP contribution in [-0.4, -0.2) is 43.9 Å². The number of halogens is 1. The number of hydrogen-bond donors (Lipinski definition) is 3. The first-order valence-electron chi connectivity index (χ1n) is 6.66. The standard InChI is InChI=1S/C14H21ClN4O2/c1-17-13(20)5-7-19(2)8-6-14(21)18-12-4-3-10(16)9-11(12)15/h3-4,9H,5-8,16H2,1-2H3,(H,17,20)(H,18,21). The predicted molar refractivity (Wildman–Crippen MR) is 85.3 cm³/mol. The van der Waals surface area contributed by atoms with E-state index in [0.717, 1.165) is 0 Å².